The standard InChI is InChI=1S/C15H14O3S/c1-11-7-9-13(10-8-11)19(16,17)15-14(18-15)12-5-3-2-4-6-12/h2-10,14-15H,1H3/t14-,15-/m0/s1. The van der Waals surface area contributed by atoms with Crippen molar-refractivity contribution in [3.8, 4) is 0 Å². The average molecular weight is 274 g/mol. The monoisotopic (exact) mass is 274 g/mol. The molecule has 98 valence electrons. The quantitative estimate of drug-likeness (QED) is 0.808. The highest BCUT2D eigenvalue weighted by Crippen LogP contribution is 2.44. The van der Waals surface area contributed by atoms with Crippen molar-refractivity contribution in [3.05, 3.63) is 65.7 Å². The van der Waals surface area contributed by atoms with E-state index < -0.39 is 15.3 Å². The minimum Gasteiger partial charge on any atom is -0.347 e. The Labute approximate surface area is 112 Å². The van der Waals surface area contributed by atoms with Crippen LogP contribution in [0.15, 0.2) is 59.5 Å². The van der Waals surface area contributed by atoms with Gasteiger partial charge in [-0.15, -0.1) is 0 Å². The number of ether oxygens (including phenoxy) is 1. The summed E-state index contributed by atoms with van der Waals surface area (Å²) in [6.45, 7) is 1.93. The van der Waals surface area contributed by atoms with Crippen LogP contribution in [0.25, 0.3) is 0 Å². The van der Waals surface area contributed by atoms with Gasteiger partial charge in [0.05, 0.1) is 4.90 Å². The first kappa shape index (κ1) is 12.4. The molecule has 0 amide bonds. The summed E-state index contributed by atoms with van der Waals surface area (Å²) in [7, 11) is -3.40. The molecule has 1 aliphatic rings. The molecule has 0 saturated carbocycles. The Balaban J connectivity index is 1.86. The fourth-order valence-electron chi connectivity index (χ4n) is 2.08. The van der Waals surface area contributed by atoms with Gasteiger partial charge in [0.15, 0.2) is 5.44 Å². The molecule has 1 aliphatic heterocycles. The van der Waals surface area contributed by atoms with Crippen molar-refractivity contribution in [1.29, 1.82) is 0 Å². The van der Waals surface area contributed by atoms with E-state index in [2.05, 4.69) is 0 Å². The highest BCUT2D eigenvalue weighted by Gasteiger charge is 2.50. The van der Waals surface area contributed by atoms with E-state index in [0.29, 0.717) is 4.90 Å². The first-order valence-corrected chi connectivity index (χ1v) is 7.64. The number of rotatable bonds is 3. The van der Waals surface area contributed by atoms with Crippen LogP contribution in [-0.2, 0) is 14.6 Å². The minimum absolute atomic E-state index is 0.321. The van der Waals surface area contributed by atoms with E-state index in [9.17, 15) is 8.42 Å². The summed E-state index contributed by atoms with van der Waals surface area (Å²) in [4.78, 5) is 0.321. The predicted molar refractivity (Wildman–Crippen MR) is 72.4 cm³/mol. The first-order valence-electron chi connectivity index (χ1n) is 6.10. The topological polar surface area (TPSA) is 46.7 Å². The lowest BCUT2D eigenvalue weighted by Gasteiger charge is -2.01. The van der Waals surface area contributed by atoms with Crippen molar-refractivity contribution in [2.45, 2.75) is 23.4 Å². The molecule has 0 radical (unpaired) electrons. The lowest BCUT2D eigenvalue weighted by atomic mass is 10.2. The number of hydrogen-bond acceptors (Lipinski definition) is 3. The van der Waals surface area contributed by atoms with E-state index in [0.717, 1.165) is 11.1 Å². The summed E-state index contributed by atoms with van der Waals surface area (Å²) in [6.07, 6.45) is -0.340. The molecule has 3 rings (SSSR count). The summed E-state index contributed by atoms with van der Waals surface area (Å²) < 4.78 is 30.1. The van der Waals surface area contributed by atoms with Gasteiger partial charge in [-0.3, -0.25) is 0 Å². The molecule has 1 heterocycles. The second-order valence-electron chi connectivity index (χ2n) is 4.69. The zero-order chi connectivity index (χ0) is 13.5. The Morgan fingerprint density at radius 1 is 0.947 bits per heavy atom. The van der Waals surface area contributed by atoms with Crippen molar-refractivity contribution >= 4 is 9.84 Å². The van der Waals surface area contributed by atoms with E-state index in [1.54, 1.807) is 24.3 Å². The third-order valence-electron chi connectivity index (χ3n) is 3.23. The smallest absolute Gasteiger partial charge is 0.208 e. The largest absolute Gasteiger partial charge is 0.347 e. The number of hydrogen-bond donors (Lipinski definition) is 0. The van der Waals surface area contributed by atoms with Gasteiger partial charge in [-0.25, -0.2) is 8.42 Å². The highest BCUT2D eigenvalue weighted by atomic mass is 32.2. The van der Waals surface area contributed by atoms with Crippen LogP contribution < -0.4 is 0 Å². The van der Waals surface area contributed by atoms with E-state index in [1.165, 1.54) is 0 Å². The molecule has 4 heteroatoms. The predicted octanol–water partition coefficient (Wildman–Crippen LogP) is 2.87. The zero-order valence-electron chi connectivity index (χ0n) is 10.5. The van der Waals surface area contributed by atoms with Gasteiger partial charge in [-0.2, -0.15) is 0 Å². The molecule has 1 fully saturated rings. The van der Waals surface area contributed by atoms with Crippen LogP contribution in [0.3, 0.4) is 0 Å². The molecule has 0 bridgehead atoms. The summed E-state index contributed by atoms with van der Waals surface area (Å²) in [5.74, 6) is 0. The Hall–Kier alpha value is -1.65. The van der Waals surface area contributed by atoms with Crippen molar-refractivity contribution in [2.75, 3.05) is 0 Å². The number of epoxide rings is 1. The third-order valence-corrected chi connectivity index (χ3v) is 5.13. The van der Waals surface area contributed by atoms with Gasteiger partial charge in [-0.05, 0) is 24.6 Å². The number of sulfone groups is 1. The van der Waals surface area contributed by atoms with Gasteiger partial charge in [0.1, 0.15) is 6.10 Å². The maximum absolute atomic E-state index is 12.4. The van der Waals surface area contributed by atoms with Crippen molar-refractivity contribution < 1.29 is 13.2 Å². The second-order valence-corrected chi connectivity index (χ2v) is 6.72. The highest BCUT2D eigenvalue weighted by molar-refractivity contribution is 7.92. The molecule has 2 aromatic rings. The average Bonchev–Trinajstić information content (AvgIpc) is 3.21. The lowest BCUT2D eigenvalue weighted by Crippen LogP contribution is -2.09. The molecule has 2 aromatic carbocycles. The Morgan fingerprint density at radius 2 is 1.58 bits per heavy atom. The van der Waals surface area contributed by atoms with Gasteiger partial charge in [-0.1, -0.05) is 48.0 Å². The summed E-state index contributed by atoms with van der Waals surface area (Å²) in [5, 5.41) is 0. The molecule has 0 unspecified atom stereocenters. The van der Waals surface area contributed by atoms with Crippen LogP contribution in [0, 0.1) is 6.92 Å². The van der Waals surface area contributed by atoms with Crippen LogP contribution in [0.1, 0.15) is 17.2 Å². The second kappa shape index (κ2) is 4.47. The van der Waals surface area contributed by atoms with Crippen molar-refractivity contribution in [3.63, 3.8) is 0 Å². The molecule has 0 aliphatic carbocycles. The molecule has 0 N–H and O–H groups in total. The fourth-order valence-corrected chi connectivity index (χ4v) is 3.61. The van der Waals surface area contributed by atoms with Gasteiger partial charge in [0.2, 0.25) is 9.84 Å². The molecule has 2 atom stereocenters. The molecule has 0 aromatic heterocycles. The third kappa shape index (κ3) is 2.29. The number of benzene rings is 2. The van der Waals surface area contributed by atoms with E-state index in [4.69, 9.17) is 4.74 Å². The minimum atomic E-state index is -3.40. The summed E-state index contributed by atoms with van der Waals surface area (Å²) >= 11 is 0. The van der Waals surface area contributed by atoms with Gasteiger partial charge >= 0.3 is 0 Å². The van der Waals surface area contributed by atoms with E-state index in [1.807, 2.05) is 37.3 Å². The maximum Gasteiger partial charge on any atom is 0.208 e. The first-order chi connectivity index (χ1) is 9.09. The van der Waals surface area contributed by atoms with Crippen LogP contribution in [-0.4, -0.2) is 13.9 Å². The Morgan fingerprint density at radius 3 is 2.21 bits per heavy atom. The van der Waals surface area contributed by atoms with E-state index in [-0.39, 0.29) is 6.10 Å². The van der Waals surface area contributed by atoms with Crippen LogP contribution in [0.2, 0.25) is 0 Å². The number of aryl methyl sites for hydroxylation is 1. The van der Waals surface area contributed by atoms with Gasteiger partial charge in [0, 0.05) is 0 Å². The molecular weight excluding hydrogens is 260 g/mol. The van der Waals surface area contributed by atoms with Crippen molar-refractivity contribution in [2.24, 2.45) is 0 Å². The summed E-state index contributed by atoms with van der Waals surface area (Å²) in [6, 6.07) is 16.3. The molecule has 19 heavy (non-hydrogen) atoms. The van der Waals surface area contributed by atoms with Gasteiger partial charge in [0.25, 0.3) is 0 Å². The SMILES string of the molecule is Cc1ccc(S(=O)(=O)[C@@H]2O[C@H]2c2ccccc2)cc1. The van der Waals surface area contributed by atoms with Crippen LogP contribution in [0.5, 0.6) is 0 Å². The molecule has 3 nitrogen and oxygen atoms in total. The molecule has 1 saturated heterocycles. The van der Waals surface area contributed by atoms with Gasteiger partial charge < -0.3 is 4.74 Å². The Kier molecular flexibility index (Phi) is 2.92. The zero-order valence-corrected chi connectivity index (χ0v) is 11.3. The normalized spacial score (nSPS) is 22.2. The maximum atomic E-state index is 12.4. The summed E-state index contributed by atoms with van der Waals surface area (Å²) in [5.41, 5.74) is 1.19. The lowest BCUT2D eigenvalue weighted by molar-refractivity contribution is 0.399. The Bertz CT molecular complexity index is 675. The fraction of sp³-hybridized carbons (Fsp3) is 0.200. The van der Waals surface area contributed by atoms with Crippen molar-refractivity contribution in [1.82, 2.24) is 0 Å². The molecule has 0 spiro atoms. The van der Waals surface area contributed by atoms with Crippen LogP contribution >= 0.6 is 0 Å². The van der Waals surface area contributed by atoms with E-state index >= 15 is 0 Å². The van der Waals surface area contributed by atoms with Crippen LogP contribution in [0.4, 0.5) is 0 Å². The molecular formula is C15H14O3S.